The van der Waals surface area contributed by atoms with Crippen LogP contribution in [0.2, 0.25) is 0 Å². The van der Waals surface area contributed by atoms with E-state index in [2.05, 4.69) is 17.5 Å². The number of benzene rings is 1. The van der Waals surface area contributed by atoms with Crippen molar-refractivity contribution in [3.8, 4) is 0 Å². The van der Waals surface area contributed by atoms with Gasteiger partial charge in [-0.25, -0.2) is 4.79 Å². The number of urea groups is 1. The fraction of sp³-hybridized carbons (Fsp3) is 0.526. The third-order valence-electron chi connectivity index (χ3n) is 4.62. The Hall–Kier alpha value is -1.81. The van der Waals surface area contributed by atoms with Crippen LogP contribution in [-0.4, -0.2) is 36.7 Å². The number of anilines is 1. The number of para-hydroxylation sites is 1. The van der Waals surface area contributed by atoms with Gasteiger partial charge in [0.1, 0.15) is 0 Å². The van der Waals surface area contributed by atoms with Crippen LogP contribution in [0.15, 0.2) is 42.5 Å². The van der Waals surface area contributed by atoms with E-state index in [0.29, 0.717) is 12.5 Å². The van der Waals surface area contributed by atoms with Gasteiger partial charge in [-0.1, -0.05) is 30.4 Å². The Labute approximate surface area is 138 Å². The third-order valence-corrected chi connectivity index (χ3v) is 4.62. The van der Waals surface area contributed by atoms with Crippen molar-refractivity contribution in [3.63, 3.8) is 0 Å². The van der Waals surface area contributed by atoms with E-state index >= 15 is 0 Å². The molecule has 2 atom stereocenters. The Morgan fingerprint density at radius 2 is 2.04 bits per heavy atom. The van der Waals surface area contributed by atoms with Crippen molar-refractivity contribution in [1.82, 2.24) is 4.90 Å². The van der Waals surface area contributed by atoms with Gasteiger partial charge < -0.3 is 15.0 Å². The second-order valence-electron chi connectivity index (χ2n) is 6.49. The van der Waals surface area contributed by atoms with Crippen LogP contribution in [0.5, 0.6) is 0 Å². The molecule has 1 saturated heterocycles. The van der Waals surface area contributed by atoms with Gasteiger partial charge in [0.2, 0.25) is 0 Å². The number of allylic oxidation sites excluding steroid dienone is 2. The van der Waals surface area contributed by atoms with E-state index in [1.165, 1.54) is 0 Å². The summed E-state index contributed by atoms with van der Waals surface area (Å²) in [4.78, 5) is 14.7. The first-order valence-corrected chi connectivity index (χ1v) is 8.69. The van der Waals surface area contributed by atoms with Crippen molar-refractivity contribution < 1.29 is 9.53 Å². The van der Waals surface area contributed by atoms with Crippen molar-refractivity contribution in [2.45, 2.75) is 38.2 Å². The quantitative estimate of drug-likeness (QED) is 0.833. The number of ether oxygens (including phenoxy) is 1. The lowest BCUT2D eigenvalue weighted by Gasteiger charge is -2.30. The van der Waals surface area contributed by atoms with Gasteiger partial charge in [-0.3, -0.25) is 0 Å². The first kappa shape index (κ1) is 16.1. The zero-order valence-corrected chi connectivity index (χ0v) is 13.6. The molecule has 2 amide bonds. The largest absolute Gasteiger partial charge is 0.376 e. The molecule has 2 unspecified atom stereocenters. The van der Waals surface area contributed by atoms with Crippen LogP contribution >= 0.6 is 0 Å². The van der Waals surface area contributed by atoms with Crippen LogP contribution in [0.25, 0.3) is 0 Å². The van der Waals surface area contributed by atoms with Crippen molar-refractivity contribution in [2.75, 3.05) is 25.0 Å². The van der Waals surface area contributed by atoms with E-state index < -0.39 is 0 Å². The Bertz CT molecular complexity index is 523. The summed E-state index contributed by atoms with van der Waals surface area (Å²) in [5.74, 6) is 0.558. The molecule has 124 valence electrons. The highest BCUT2D eigenvalue weighted by Crippen LogP contribution is 2.21. The van der Waals surface area contributed by atoms with Crippen LogP contribution < -0.4 is 5.32 Å². The highest BCUT2D eigenvalue weighted by Gasteiger charge is 2.25. The molecular weight excluding hydrogens is 288 g/mol. The van der Waals surface area contributed by atoms with E-state index in [1.807, 2.05) is 35.2 Å². The molecule has 0 saturated carbocycles. The smallest absolute Gasteiger partial charge is 0.321 e. The standard InChI is InChI=1S/C19H26N2O2/c22-19(20-17-10-5-2-6-11-17)21(15-18-12-7-13-23-18)14-16-8-3-1-4-9-16/h1-3,5-6,10-11,16,18H,4,7-9,12-15H2,(H,20,22). The first-order chi connectivity index (χ1) is 11.3. The molecule has 0 bridgehead atoms. The predicted octanol–water partition coefficient (Wildman–Crippen LogP) is 4.06. The van der Waals surface area contributed by atoms with Crippen LogP contribution in [0, 0.1) is 5.92 Å². The third kappa shape index (κ3) is 4.83. The zero-order chi connectivity index (χ0) is 15.9. The average molecular weight is 314 g/mol. The Kier molecular flexibility index (Phi) is 5.70. The van der Waals surface area contributed by atoms with E-state index in [-0.39, 0.29) is 12.1 Å². The van der Waals surface area contributed by atoms with Crippen molar-refractivity contribution >= 4 is 11.7 Å². The van der Waals surface area contributed by atoms with Gasteiger partial charge in [-0.2, -0.15) is 0 Å². The maximum atomic E-state index is 12.7. The maximum absolute atomic E-state index is 12.7. The van der Waals surface area contributed by atoms with Crippen LogP contribution in [0.3, 0.4) is 0 Å². The molecule has 23 heavy (non-hydrogen) atoms. The summed E-state index contributed by atoms with van der Waals surface area (Å²) in [6.45, 7) is 2.33. The molecule has 0 spiro atoms. The lowest BCUT2D eigenvalue weighted by molar-refractivity contribution is 0.0791. The lowest BCUT2D eigenvalue weighted by atomic mass is 9.94. The fourth-order valence-corrected chi connectivity index (χ4v) is 3.33. The number of nitrogens with one attached hydrogen (secondary N) is 1. The van der Waals surface area contributed by atoms with Crippen LogP contribution in [0.1, 0.15) is 32.1 Å². The van der Waals surface area contributed by atoms with Gasteiger partial charge in [0.25, 0.3) is 0 Å². The molecule has 1 aromatic carbocycles. The van der Waals surface area contributed by atoms with Gasteiger partial charge in [-0.05, 0) is 50.2 Å². The molecule has 1 aliphatic carbocycles. The second-order valence-corrected chi connectivity index (χ2v) is 6.49. The minimum atomic E-state index is -0.0127. The predicted molar refractivity (Wildman–Crippen MR) is 92.5 cm³/mol. The summed E-state index contributed by atoms with van der Waals surface area (Å²) >= 11 is 0. The van der Waals surface area contributed by atoms with Crippen molar-refractivity contribution in [2.24, 2.45) is 5.92 Å². The van der Waals surface area contributed by atoms with Crippen molar-refractivity contribution in [1.29, 1.82) is 0 Å². The van der Waals surface area contributed by atoms with E-state index in [4.69, 9.17) is 4.74 Å². The monoisotopic (exact) mass is 314 g/mol. The number of amides is 2. The fourth-order valence-electron chi connectivity index (χ4n) is 3.33. The molecule has 0 radical (unpaired) electrons. The molecule has 1 aliphatic heterocycles. The first-order valence-electron chi connectivity index (χ1n) is 8.69. The number of carbonyl (C=O) groups is 1. The molecule has 1 aromatic rings. The number of hydrogen-bond acceptors (Lipinski definition) is 2. The number of hydrogen-bond donors (Lipinski definition) is 1. The molecule has 1 N–H and O–H groups in total. The summed E-state index contributed by atoms with van der Waals surface area (Å²) in [7, 11) is 0. The Balaban J connectivity index is 1.62. The number of nitrogens with zero attached hydrogens (tertiary/aromatic N) is 1. The van der Waals surface area contributed by atoms with Gasteiger partial charge in [0, 0.05) is 25.4 Å². The summed E-state index contributed by atoms with van der Waals surface area (Å²) in [5.41, 5.74) is 0.846. The highest BCUT2D eigenvalue weighted by atomic mass is 16.5. The normalized spacial score (nSPS) is 23.7. The second kappa shape index (κ2) is 8.16. The van der Waals surface area contributed by atoms with Gasteiger partial charge >= 0.3 is 6.03 Å². The molecule has 1 fully saturated rings. The Morgan fingerprint density at radius 1 is 1.17 bits per heavy atom. The molecule has 0 aromatic heterocycles. The SMILES string of the molecule is O=C(Nc1ccccc1)N(CC1CC=CCC1)CC1CCCO1. The molecule has 4 heteroatoms. The van der Waals surface area contributed by atoms with Gasteiger partial charge in [0.05, 0.1) is 6.10 Å². The molecule has 2 aliphatic rings. The van der Waals surface area contributed by atoms with E-state index in [0.717, 1.165) is 50.9 Å². The van der Waals surface area contributed by atoms with Gasteiger partial charge in [0.15, 0.2) is 0 Å². The van der Waals surface area contributed by atoms with Gasteiger partial charge in [-0.15, -0.1) is 0 Å². The highest BCUT2D eigenvalue weighted by molar-refractivity contribution is 5.89. The topological polar surface area (TPSA) is 41.6 Å². The maximum Gasteiger partial charge on any atom is 0.321 e. The van der Waals surface area contributed by atoms with E-state index in [1.54, 1.807) is 0 Å². The summed E-state index contributed by atoms with van der Waals surface area (Å²) in [6.07, 6.45) is 10.2. The summed E-state index contributed by atoms with van der Waals surface area (Å²) in [6, 6.07) is 9.66. The van der Waals surface area contributed by atoms with Crippen LogP contribution in [-0.2, 0) is 4.74 Å². The van der Waals surface area contributed by atoms with Crippen LogP contribution in [0.4, 0.5) is 10.5 Å². The summed E-state index contributed by atoms with van der Waals surface area (Å²) < 4.78 is 5.74. The summed E-state index contributed by atoms with van der Waals surface area (Å²) in [5, 5.41) is 3.02. The van der Waals surface area contributed by atoms with E-state index in [9.17, 15) is 4.79 Å². The lowest BCUT2D eigenvalue weighted by Crippen LogP contribution is -2.43. The molecule has 3 rings (SSSR count). The minimum absolute atomic E-state index is 0.0127. The number of rotatable bonds is 5. The Morgan fingerprint density at radius 3 is 2.74 bits per heavy atom. The average Bonchev–Trinajstić information content (AvgIpc) is 3.09. The minimum Gasteiger partial charge on any atom is -0.376 e. The van der Waals surface area contributed by atoms with Crippen molar-refractivity contribution in [3.05, 3.63) is 42.5 Å². The zero-order valence-electron chi connectivity index (χ0n) is 13.6. The molecule has 1 heterocycles. The molecular formula is C19H26N2O2. The molecule has 4 nitrogen and oxygen atoms in total. The number of carbonyl (C=O) groups excluding carboxylic acids is 1.